The van der Waals surface area contributed by atoms with Crippen molar-refractivity contribution in [1.82, 2.24) is 0 Å². The van der Waals surface area contributed by atoms with Crippen LogP contribution in [0, 0.1) is 0 Å². The first-order valence-electron chi connectivity index (χ1n) is 8.36. The molecule has 0 bridgehead atoms. The Hall–Kier alpha value is -3.13. The number of carbonyl (C=O) groups excluding carboxylic acids is 1. The smallest absolute Gasteiger partial charge is 0.184 e. The number of rotatable bonds is 3. The van der Waals surface area contributed by atoms with Gasteiger partial charge in [-0.25, -0.2) is 0 Å². The third-order valence-electron chi connectivity index (χ3n) is 4.64. The Bertz CT molecular complexity index is 913. The fourth-order valence-electron chi connectivity index (χ4n) is 3.25. The molecule has 0 amide bonds. The van der Waals surface area contributed by atoms with E-state index in [0.29, 0.717) is 17.9 Å². The monoisotopic (exact) mass is 326 g/mol. The second kappa shape index (κ2) is 6.40. The van der Waals surface area contributed by atoms with Crippen LogP contribution in [0.5, 0.6) is 5.75 Å². The highest BCUT2D eigenvalue weighted by Crippen LogP contribution is 2.38. The summed E-state index contributed by atoms with van der Waals surface area (Å²) in [4.78, 5) is 13.4. The number of fused-ring (bicyclic) bond motifs is 1. The summed E-state index contributed by atoms with van der Waals surface area (Å²) in [6.45, 7) is 0.302. The molecule has 1 aliphatic rings. The van der Waals surface area contributed by atoms with Crippen molar-refractivity contribution in [2.24, 2.45) is 0 Å². The average molecular weight is 326 g/mol. The molecule has 3 aromatic rings. The summed E-state index contributed by atoms with van der Waals surface area (Å²) in [6, 6.07) is 27.3. The molecule has 2 heteroatoms. The van der Waals surface area contributed by atoms with Gasteiger partial charge in [0, 0.05) is 0 Å². The van der Waals surface area contributed by atoms with Crippen LogP contribution in [0.4, 0.5) is 0 Å². The molecule has 0 saturated heterocycles. The Kier molecular flexibility index (Phi) is 3.95. The number of ketones is 1. The summed E-state index contributed by atoms with van der Waals surface area (Å²) in [6.07, 6.45) is 3.98. The highest BCUT2D eigenvalue weighted by molar-refractivity contribution is 6.09. The molecule has 0 radical (unpaired) electrons. The molecular weight excluding hydrogens is 308 g/mol. The van der Waals surface area contributed by atoms with Crippen molar-refractivity contribution >= 4 is 11.9 Å². The normalized spacial score (nSPS) is 19.4. The van der Waals surface area contributed by atoms with Gasteiger partial charge in [0.15, 0.2) is 5.78 Å². The van der Waals surface area contributed by atoms with Crippen LogP contribution in [0.25, 0.3) is 6.08 Å². The van der Waals surface area contributed by atoms with Gasteiger partial charge in [0.25, 0.3) is 0 Å². The molecule has 1 atom stereocenters. The van der Waals surface area contributed by atoms with Crippen molar-refractivity contribution in [3.63, 3.8) is 0 Å². The zero-order valence-electron chi connectivity index (χ0n) is 13.8. The number of hydrogen-bond acceptors (Lipinski definition) is 2. The first-order valence-corrected chi connectivity index (χ1v) is 8.36. The van der Waals surface area contributed by atoms with Gasteiger partial charge in [-0.2, -0.15) is 0 Å². The van der Waals surface area contributed by atoms with Crippen LogP contribution in [0.1, 0.15) is 21.5 Å². The lowest BCUT2D eigenvalue weighted by atomic mass is 9.73. The van der Waals surface area contributed by atoms with Crippen LogP contribution in [0.2, 0.25) is 0 Å². The van der Waals surface area contributed by atoms with E-state index < -0.39 is 5.41 Å². The van der Waals surface area contributed by atoms with Crippen LogP contribution in [0.3, 0.4) is 0 Å². The van der Waals surface area contributed by atoms with E-state index in [1.807, 2.05) is 97.1 Å². The Morgan fingerprint density at radius 1 is 0.800 bits per heavy atom. The predicted octanol–water partition coefficient (Wildman–Crippen LogP) is 4.91. The molecular formula is C23H18O2. The maximum Gasteiger partial charge on any atom is 0.184 e. The van der Waals surface area contributed by atoms with Gasteiger partial charge in [0.1, 0.15) is 17.8 Å². The Balaban J connectivity index is 1.84. The quantitative estimate of drug-likeness (QED) is 0.683. The molecule has 4 rings (SSSR count). The highest BCUT2D eigenvalue weighted by Gasteiger charge is 2.43. The third-order valence-corrected chi connectivity index (χ3v) is 4.64. The van der Waals surface area contributed by atoms with Crippen molar-refractivity contribution in [2.45, 2.75) is 5.41 Å². The van der Waals surface area contributed by atoms with Crippen molar-refractivity contribution < 1.29 is 9.53 Å². The number of hydrogen-bond donors (Lipinski definition) is 0. The van der Waals surface area contributed by atoms with Crippen molar-refractivity contribution in [3.05, 3.63) is 108 Å². The van der Waals surface area contributed by atoms with Gasteiger partial charge in [-0.15, -0.1) is 0 Å². The Labute approximate surface area is 147 Å². The molecule has 2 nitrogen and oxygen atoms in total. The minimum Gasteiger partial charge on any atom is -0.491 e. The molecule has 1 unspecified atom stereocenters. The van der Waals surface area contributed by atoms with Crippen molar-refractivity contribution in [3.8, 4) is 5.75 Å². The fourth-order valence-corrected chi connectivity index (χ4v) is 3.25. The molecule has 0 saturated carbocycles. The zero-order chi connectivity index (χ0) is 17.1. The average Bonchev–Trinajstić information content (AvgIpc) is 2.69. The number of carbonyl (C=O) groups is 1. The summed E-state index contributed by atoms with van der Waals surface area (Å²) in [5.74, 6) is 0.736. The molecule has 3 aromatic carbocycles. The number of Topliss-reactive ketones (excluding diaryl/α,β-unsaturated/α-hetero) is 1. The zero-order valence-corrected chi connectivity index (χ0v) is 13.8. The van der Waals surface area contributed by atoms with E-state index in [4.69, 9.17) is 4.74 Å². The van der Waals surface area contributed by atoms with Crippen LogP contribution in [-0.2, 0) is 5.41 Å². The van der Waals surface area contributed by atoms with Gasteiger partial charge in [-0.1, -0.05) is 84.9 Å². The molecule has 25 heavy (non-hydrogen) atoms. The number of ether oxygens (including phenoxy) is 1. The molecule has 122 valence electrons. The van der Waals surface area contributed by atoms with Crippen LogP contribution in [0.15, 0.2) is 91.0 Å². The highest BCUT2D eigenvalue weighted by atomic mass is 16.5. The number of para-hydroxylation sites is 1. The van der Waals surface area contributed by atoms with Gasteiger partial charge in [-0.05, 0) is 23.3 Å². The van der Waals surface area contributed by atoms with Gasteiger partial charge in [0.2, 0.25) is 0 Å². The molecule has 1 heterocycles. The van der Waals surface area contributed by atoms with E-state index in [1.54, 1.807) is 0 Å². The standard InChI is InChI=1S/C23H18O2/c24-22-20-13-7-8-14-21(20)25-17-23(22,19-11-5-2-6-12-19)16-15-18-9-3-1-4-10-18/h1-16H,17H2. The second-order valence-corrected chi connectivity index (χ2v) is 6.20. The Morgan fingerprint density at radius 2 is 1.44 bits per heavy atom. The first-order chi connectivity index (χ1) is 12.3. The summed E-state index contributed by atoms with van der Waals surface area (Å²) < 4.78 is 5.98. The van der Waals surface area contributed by atoms with E-state index in [2.05, 4.69) is 0 Å². The molecule has 0 aliphatic carbocycles. The van der Waals surface area contributed by atoms with Crippen LogP contribution in [-0.4, -0.2) is 12.4 Å². The largest absolute Gasteiger partial charge is 0.491 e. The lowest BCUT2D eigenvalue weighted by Gasteiger charge is -2.34. The molecule has 0 aromatic heterocycles. The predicted molar refractivity (Wildman–Crippen MR) is 99.9 cm³/mol. The maximum absolute atomic E-state index is 13.4. The topological polar surface area (TPSA) is 26.3 Å². The summed E-state index contributed by atoms with van der Waals surface area (Å²) in [7, 11) is 0. The second-order valence-electron chi connectivity index (χ2n) is 6.20. The van der Waals surface area contributed by atoms with Gasteiger partial charge < -0.3 is 4.74 Å². The van der Waals surface area contributed by atoms with E-state index in [-0.39, 0.29) is 5.78 Å². The minimum atomic E-state index is -0.814. The SMILES string of the molecule is O=C1c2ccccc2OCC1(C=Cc1ccccc1)c1ccccc1. The van der Waals surface area contributed by atoms with Crippen molar-refractivity contribution in [2.75, 3.05) is 6.61 Å². The molecule has 0 N–H and O–H groups in total. The minimum absolute atomic E-state index is 0.0766. The van der Waals surface area contributed by atoms with Gasteiger partial charge in [0.05, 0.1) is 5.56 Å². The van der Waals surface area contributed by atoms with Crippen LogP contribution < -0.4 is 4.74 Å². The summed E-state index contributed by atoms with van der Waals surface area (Å²) >= 11 is 0. The lowest BCUT2D eigenvalue weighted by Crippen LogP contribution is -2.43. The van der Waals surface area contributed by atoms with E-state index in [9.17, 15) is 4.79 Å². The lowest BCUT2D eigenvalue weighted by molar-refractivity contribution is 0.0827. The number of benzene rings is 3. The van der Waals surface area contributed by atoms with Crippen molar-refractivity contribution in [1.29, 1.82) is 0 Å². The summed E-state index contributed by atoms with van der Waals surface area (Å²) in [5.41, 5.74) is 1.83. The maximum atomic E-state index is 13.4. The fraction of sp³-hybridized carbons (Fsp3) is 0.0870. The molecule has 0 fully saturated rings. The van der Waals surface area contributed by atoms with Crippen LogP contribution >= 0.6 is 0 Å². The summed E-state index contributed by atoms with van der Waals surface area (Å²) in [5, 5.41) is 0. The first kappa shape index (κ1) is 15.4. The van der Waals surface area contributed by atoms with E-state index in [1.165, 1.54) is 0 Å². The third kappa shape index (κ3) is 2.76. The van der Waals surface area contributed by atoms with Gasteiger partial charge >= 0.3 is 0 Å². The van der Waals surface area contributed by atoms with Gasteiger partial charge in [-0.3, -0.25) is 4.79 Å². The molecule has 0 spiro atoms. The van der Waals surface area contributed by atoms with E-state index >= 15 is 0 Å². The van der Waals surface area contributed by atoms with E-state index in [0.717, 1.165) is 11.1 Å². The Morgan fingerprint density at radius 3 is 2.20 bits per heavy atom. The molecule has 1 aliphatic heterocycles.